The van der Waals surface area contributed by atoms with Crippen LogP contribution in [0.5, 0.6) is 11.5 Å². The molecule has 1 heterocycles. The van der Waals surface area contributed by atoms with E-state index in [1.165, 1.54) is 0 Å². The lowest BCUT2D eigenvalue weighted by Gasteiger charge is -2.17. The van der Waals surface area contributed by atoms with Gasteiger partial charge in [-0.25, -0.2) is 4.68 Å². The molecule has 3 aromatic rings. The van der Waals surface area contributed by atoms with E-state index in [0.29, 0.717) is 29.3 Å². The van der Waals surface area contributed by atoms with Crippen LogP contribution in [0.3, 0.4) is 0 Å². The number of nitrogens with zero attached hydrogens (tertiary/aromatic N) is 3. The average molecular weight is 423 g/mol. The number of hydrogen-bond acceptors (Lipinski definition) is 5. The average Bonchev–Trinajstić information content (AvgIpc) is 3.27. The van der Waals surface area contributed by atoms with E-state index in [9.17, 15) is 4.79 Å². The first kappa shape index (κ1) is 22.4. The summed E-state index contributed by atoms with van der Waals surface area (Å²) in [7, 11) is 3.18. The zero-order chi connectivity index (χ0) is 22.2. The highest BCUT2D eigenvalue weighted by molar-refractivity contribution is 6.00. The molecule has 0 fully saturated rings. The zero-order valence-corrected chi connectivity index (χ0v) is 18.6. The maximum absolute atomic E-state index is 13.1. The molecular formula is C24H30N4O3. The Morgan fingerprint density at radius 2 is 1.74 bits per heavy atom. The van der Waals surface area contributed by atoms with Crippen molar-refractivity contribution in [1.82, 2.24) is 20.0 Å². The molecule has 7 nitrogen and oxygen atoms in total. The van der Waals surface area contributed by atoms with Crippen molar-refractivity contribution in [3.8, 4) is 28.4 Å². The number of nitrogens with one attached hydrogen (secondary N) is 1. The predicted octanol–water partition coefficient (Wildman–Crippen LogP) is 3.63. The molecule has 0 atom stereocenters. The summed E-state index contributed by atoms with van der Waals surface area (Å²) in [6.07, 6.45) is 1.77. The van der Waals surface area contributed by atoms with Crippen LogP contribution >= 0.6 is 0 Å². The third kappa shape index (κ3) is 5.24. The minimum atomic E-state index is -0.154. The summed E-state index contributed by atoms with van der Waals surface area (Å²) < 4.78 is 12.5. The van der Waals surface area contributed by atoms with Crippen LogP contribution in [0.25, 0.3) is 16.9 Å². The lowest BCUT2D eigenvalue weighted by molar-refractivity contribution is 0.0949. The van der Waals surface area contributed by atoms with E-state index >= 15 is 0 Å². The number of para-hydroxylation sites is 1. The van der Waals surface area contributed by atoms with Crippen LogP contribution in [0, 0.1) is 0 Å². The Morgan fingerprint density at radius 1 is 1.03 bits per heavy atom. The van der Waals surface area contributed by atoms with Gasteiger partial charge < -0.3 is 19.7 Å². The number of carbonyl (C=O) groups excluding carboxylic acids is 1. The molecule has 0 saturated heterocycles. The van der Waals surface area contributed by atoms with E-state index in [4.69, 9.17) is 14.6 Å². The third-order valence-electron chi connectivity index (χ3n) is 5.24. The maximum Gasteiger partial charge on any atom is 0.255 e. The Morgan fingerprint density at radius 3 is 2.39 bits per heavy atom. The zero-order valence-electron chi connectivity index (χ0n) is 18.6. The first-order chi connectivity index (χ1) is 15.1. The molecule has 1 aromatic heterocycles. The van der Waals surface area contributed by atoms with Gasteiger partial charge in [0.15, 0.2) is 11.5 Å². The summed E-state index contributed by atoms with van der Waals surface area (Å²) in [6, 6.07) is 15.3. The van der Waals surface area contributed by atoms with Crippen LogP contribution in [0.15, 0.2) is 54.7 Å². The SMILES string of the molecule is CCN(CC)CCNC(=O)c1cn(-c2ccccc2)nc1-c1ccc(OC)c(OC)c1. The number of ether oxygens (including phenoxy) is 2. The third-order valence-corrected chi connectivity index (χ3v) is 5.24. The van der Waals surface area contributed by atoms with Gasteiger partial charge in [0, 0.05) is 24.8 Å². The number of likely N-dealkylation sites (N-methyl/N-ethyl adjacent to an activating group) is 1. The molecule has 164 valence electrons. The second-order valence-corrected chi connectivity index (χ2v) is 7.02. The van der Waals surface area contributed by atoms with E-state index in [2.05, 4.69) is 24.1 Å². The molecule has 0 aliphatic rings. The summed E-state index contributed by atoms with van der Waals surface area (Å²) in [4.78, 5) is 15.3. The molecule has 31 heavy (non-hydrogen) atoms. The molecule has 0 radical (unpaired) electrons. The highest BCUT2D eigenvalue weighted by atomic mass is 16.5. The highest BCUT2D eigenvalue weighted by Gasteiger charge is 2.20. The molecule has 0 aliphatic heterocycles. The van der Waals surface area contributed by atoms with Crippen molar-refractivity contribution in [1.29, 1.82) is 0 Å². The van der Waals surface area contributed by atoms with Crippen molar-refractivity contribution in [3.05, 3.63) is 60.3 Å². The van der Waals surface area contributed by atoms with Gasteiger partial charge in [-0.2, -0.15) is 5.10 Å². The number of rotatable bonds is 10. The largest absolute Gasteiger partial charge is 0.493 e. The van der Waals surface area contributed by atoms with Crippen molar-refractivity contribution >= 4 is 5.91 Å². The number of benzene rings is 2. The minimum Gasteiger partial charge on any atom is -0.493 e. The number of hydrogen-bond donors (Lipinski definition) is 1. The van der Waals surface area contributed by atoms with E-state index in [0.717, 1.165) is 30.9 Å². The fourth-order valence-electron chi connectivity index (χ4n) is 3.41. The van der Waals surface area contributed by atoms with Crippen LogP contribution in [0.1, 0.15) is 24.2 Å². The second kappa shape index (κ2) is 10.6. The molecular weight excluding hydrogens is 392 g/mol. The summed E-state index contributed by atoms with van der Waals surface area (Å²) in [5.74, 6) is 1.06. The smallest absolute Gasteiger partial charge is 0.255 e. The van der Waals surface area contributed by atoms with Crippen molar-refractivity contribution < 1.29 is 14.3 Å². The van der Waals surface area contributed by atoms with E-state index in [1.807, 2.05) is 48.5 Å². The number of methoxy groups -OCH3 is 2. The molecule has 0 spiro atoms. The van der Waals surface area contributed by atoms with Gasteiger partial charge in [-0.05, 0) is 43.4 Å². The van der Waals surface area contributed by atoms with Gasteiger partial charge in [0.2, 0.25) is 0 Å². The molecule has 3 rings (SSSR count). The van der Waals surface area contributed by atoms with Gasteiger partial charge in [-0.3, -0.25) is 4.79 Å². The van der Waals surface area contributed by atoms with Gasteiger partial charge in [-0.1, -0.05) is 32.0 Å². The van der Waals surface area contributed by atoms with E-state index in [-0.39, 0.29) is 5.91 Å². The lowest BCUT2D eigenvalue weighted by atomic mass is 10.1. The van der Waals surface area contributed by atoms with Crippen LogP contribution in [0.4, 0.5) is 0 Å². The summed E-state index contributed by atoms with van der Waals surface area (Å²) >= 11 is 0. The fraction of sp³-hybridized carbons (Fsp3) is 0.333. The summed E-state index contributed by atoms with van der Waals surface area (Å²) in [5, 5.41) is 7.76. The van der Waals surface area contributed by atoms with Crippen molar-refractivity contribution in [3.63, 3.8) is 0 Å². The monoisotopic (exact) mass is 422 g/mol. The predicted molar refractivity (Wildman–Crippen MR) is 122 cm³/mol. The molecule has 1 N–H and O–H groups in total. The molecule has 1 amide bonds. The Balaban J connectivity index is 1.95. The molecule has 2 aromatic carbocycles. The van der Waals surface area contributed by atoms with Gasteiger partial charge in [0.25, 0.3) is 5.91 Å². The van der Waals surface area contributed by atoms with Crippen molar-refractivity contribution in [2.24, 2.45) is 0 Å². The molecule has 7 heteroatoms. The second-order valence-electron chi connectivity index (χ2n) is 7.02. The Kier molecular flexibility index (Phi) is 7.67. The Bertz CT molecular complexity index is 997. The van der Waals surface area contributed by atoms with Gasteiger partial charge in [-0.15, -0.1) is 0 Å². The quantitative estimate of drug-likeness (QED) is 0.540. The Hall–Kier alpha value is -3.32. The van der Waals surface area contributed by atoms with E-state index in [1.54, 1.807) is 25.1 Å². The van der Waals surface area contributed by atoms with Crippen molar-refractivity contribution in [2.45, 2.75) is 13.8 Å². The molecule has 0 aliphatic carbocycles. The van der Waals surface area contributed by atoms with Gasteiger partial charge in [0.05, 0.1) is 25.5 Å². The summed E-state index contributed by atoms with van der Waals surface area (Å²) in [6.45, 7) is 7.51. The van der Waals surface area contributed by atoms with Crippen LogP contribution in [-0.4, -0.2) is 61.0 Å². The highest BCUT2D eigenvalue weighted by Crippen LogP contribution is 2.33. The normalized spacial score (nSPS) is 10.9. The first-order valence-electron chi connectivity index (χ1n) is 10.5. The molecule has 0 saturated carbocycles. The lowest BCUT2D eigenvalue weighted by Crippen LogP contribution is -2.34. The Labute approximate surface area is 183 Å². The standard InChI is InChI=1S/C24H30N4O3/c1-5-27(6-2)15-14-25-24(29)20-17-28(19-10-8-7-9-11-19)26-23(20)18-12-13-21(30-3)22(16-18)31-4/h7-13,16-17H,5-6,14-15H2,1-4H3,(H,25,29). The number of amides is 1. The molecule has 0 unspecified atom stereocenters. The first-order valence-corrected chi connectivity index (χ1v) is 10.5. The topological polar surface area (TPSA) is 68.6 Å². The van der Waals surface area contributed by atoms with E-state index < -0.39 is 0 Å². The van der Waals surface area contributed by atoms with Crippen LogP contribution in [0.2, 0.25) is 0 Å². The van der Waals surface area contributed by atoms with Gasteiger partial charge in [0.1, 0.15) is 5.69 Å². The van der Waals surface area contributed by atoms with Crippen molar-refractivity contribution in [2.75, 3.05) is 40.4 Å². The maximum atomic E-state index is 13.1. The number of carbonyl (C=O) groups is 1. The summed E-state index contributed by atoms with van der Waals surface area (Å²) in [5.41, 5.74) is 2.76. The van der Waals surface area contributed by atoms with Crippen LogP contribution in [-0.2, 0) is 0 Å². The van der Waals surface area contributed by atoms with Crippen LogP contribution < -0.4 is 14.8 Å². The fourth-order valence-corrected chi connectivity index (χ4v) is 3.41. The molecule has 0 bridgehead atoms. The minimum absolute atomic E-state index is 0.154. The number of aromatic nitrogens is 2. The van der Waals surface area contributed by atoms with Gasteiger partial charge >= 0.3 is 0 Å².